The fourth-order valence-corrected chi connectivity index (χ4v) is 4.72. The molecule has 0 spiro atoms. The standard InChI is InChI=1S/C23H34N4O3.HI/c1-2-24-22(25-17-23(29)10-14-30-15-11-23)27-16-18(19-6-3-4-7-20(19)27)9-13-26-12-5-8-21(26)28;/h3-4,6-7,18,29H,2,5,8-17H2,1H3,(H,24,25);1H. The van der Waals surface area contributed by atoms with Crippen molar-refractivity contribution in [3.05, 3.63) is 29.8 Å². The van der Waals surface area contributed by atoms with Crippen molar-refractivity contribution in [3.63, 3.8) is 0 Å². The van der Waals surface area contributed by atoms with Gasteiger partial charge in [0, 0.05) is 70.3 Å². The quantitative estimate of drug-likeness (QED) is 0.329. The average Bonchev–Trinajstić information content (AvgIpc) is 3.33. The molecule has 4 rings (SSSR count). The number of amides is 1. The van der Waals surface area contributed by atoms with Gasteiger partial charge < -0.3 is 25.0 Å². The van der Waals surface area contributed by atoms with E-state index in [4.69, 9.17) is 9.73 Å². The monoisotopic (exact) mass is 542 g/mol. The molecule has 8 heteroatoms. The Kier molecular flexibility index (Phi) is 8.58. The second-order valence-corrected chi connectivity index (χ2v) is 8.65. The van der Waals surface area contributed by atoms with Crippen LogP contribution in [-0.4, -0.2) is 73.4 Å². The zero-order valence-corrected chi connectivity index (χ0v) is 20.7. The van der Waals surface area contributed by atoms with E-state index >= 15 is 0 Å². The molecule has 0 radical (unpaired) electrons. The van der Waals surface area contributed by atoms with Crippen molar-refractivity contribution >= 4 is 41.5 Å². The number of aliphatic imine (C=N–C) groups is 1. The fourth-order valence-electron chi connectivity index (χ4n) is 4.72. The van der Waals surface area contributed by atoms with Gasteiger partial charge >= 0.3 is 0 Å². The molecular weight excluding hydrogens is 507 g/mol. The molecule has 2 fully saturated rings. The summed E-state index contributed by atoms with van der Waals surface area (Å²) in [6.45, 7) is 6.95. The van der Waals surface area contributed by atoms with Crippen molar-refractivity contribution in [2.75, 3.05) is 50.8 Å². The number of benzene rings is 1. The van der Waals surface area contributed by atoms with Crippen molar-refractivity contribution in [2.45, 2.75) is 50.5 Å². The molecule has 0 aliphatic carbocycles. The van der Waals surface area contributed by atoms with E-state index in [1.165, 1.54) is 11.3 Å². The lowest BCUT2D eigenvalue weighted by molar-refractivity contribution is -0.127. The van der Waals surface area contributed by atoms with Crippen molar-refractivity contribution in [3.8, 4) is 0 Å². The minimum atomic E-state index is -0.784. The first kappa shape index (κ1) is 24.3. The minimum absolute atomic E-state index is 0. The first-order chi connectivity index (χ1) is 14.6. The molecule has 31 heavy (non-hydrogen) atoms. The van der Waals surface area contributed by atoms with E-state index in [9.17, 15) is 9.90 Å². The minimum Gasteiger partial charge on any atom is -0.388 e. The Bertz CT molecular complexity index is 782. The molecule has 1 atom stereocenters. The molecule has 172 valence electrons. The predicted octanol–water partition coefficient (Wildman–Crippen LogP) is 2.73. The Morgan fingerprint density at radius 1 is 1.32 bits per heavy atom. The van der Waals surface area contributed by atoms with Crippen LogP contribution in [0.5, 0.6) is 0 Å². The molecule has 2 saturated heterocycles. The molecule has 7 nitrogen and oxygen atoms in total. The fraction of sp³-hybridized carbons (Fsp3) is 0.652. The van der Waals surface area contributed by atoms with Crippen LogP contribution in [0.25, 0.3) is 0 Å². The number of anilines is 1. The highest BCUT2D eigenvalue weighted by Crippen LogP contribution is 2.38. The third kappa shape index (κ3) is 5.70. The van der Waals surface area contributed by atoms with E-state index in [2.05, 4.69) is 41.4 Å². The van der Waals surface area contributed by atoms with Crippen LogP contribution in [-0.2, 0) is 9.53 Å². The number of guanidine groups is 1. The molecule has 1 amide bonds. The SMILES string of the molecule is CCNC(=NCC1(O)CCOCC1)N1CC(CCN2CCCC2=O)c2ccccc21.I. The number of nitrogens with one attached hydrogen (secondary N) is 1. The first-order valence-electron chi connectivity index (χ1n) is 11.3. The number of ether oxygens (including phenoxy) is 1. The van der Waals surface area contributed by atoms with Crippen LogP contribution in [0.15, 0.2) is 29.3 Å². The van der Waals surface area contributed by atoms with Crippen LogP contribution in [0.2, 0.25) is 0 Å². The predicted molar refractivity (Wildman–Crippen MR) is 133 cm³/mol. The number of hydrogen-bond donors (Lipinski definition) is 2. The molecule has 3 heterocycles. The van der Waals surface area contributed by atoms with Gasteiger partial charge in [-0.2, -0.15) is 0 Å². The summed E-state index contributed by atoms with van der Waals surface area (Å²) in [5.41, 5.74) is 1.71. The molecule has 0 saturated carbocycles. The van der Waals surface area contributed by atoms with Gasteiger partial charge in [-0.05, 0) is 31.4 Å². The number of aliphatic hydroxyl groups is 1. The zero-order valence-electron chi connectivity index (χ0n) is 18.4. The molecule has 3 aliphatic rings. The third-order valence-corrected chi connectivity index (χ3v) is 6.53. The van der Waals surface area contributed by atoms with E-state index in [0.29, 0.717) is 44.9 Å². The van der Waals surface area contributed by atoms with Gasteiger partial charge in [0.2, 0.25) is 5.91 Å². The number of likely N-dealkylation sites (tertiary alicyclic amines) is 1. The zero-order chi connectivity index (χ0) is 21.0. The normalized spacial score (nSPS) is 23.0. The molecule has 3 aliphatic heterocycles. The van der Waals surface area contributed by atoms with Crippen molar-refractivity contribution < 1.29 is 14.6 Å². The summed E-state index contributed by atoms with van der Waals surface area (Å²) in [5.74, 6) is 1.48. The summed E-state index contributed by atoms with van der Waals surface area (Å²) in [4.78, 5) is 21.1. The Hall–Kier alpha value is -1.39. The third-order valence-electron chi connectivity index (χ3n) is 6.53. The highest BCUT2D eigenvalue weighted by molar-refractivity contribution is 14.0. The lowest BCUT2D eigenvalue weighted by Crippen LogP contribution is -2.44. The Morgan fingerprint density at radius 2 is 2.10 bits per heavy atom. The number of carbonyl (C=O) groups excluding carboxylic acids is 1. The number of hydrogen-bond acceptors (Lipinski definition) is 4. The Morgan fingerprint density at radius 3 is 2.81 bits per heavy atom. The number of nitrogens with zero attached hydrogens (tertiary/aromatic N) is 3. The lowest BCUT2D eigenvalue weighted by Gasteiger charge is -2.31. The maximum absolute atomic E-state index is 12.0. The van der Waals surface area contributed by atoms with Crippen molar-refractivity contribution in [2.24, 2.45) is 4.99 Å². The van der Waals surface area contributed by atoms with Crippen LogP contribution in [0, 0.1) is 0 Å². The van der Waals surface area contributed by atoms with Crippen molar-refractivity contribution in [1.29, 1.82) is 0 Å². The number of rotatable bonds is 6. The maximum atomic E-state index is 12.0. The van der Waals surface area contributed by atoms with Crippen LogP contribution in [0.1, 0.15) is 50.5 Å². The summed E-state index contributed by atoms with van der Waals surface area (Å²) in [5, 5.41) is 14.3. The second kappa shape index (κ2) is 11.0. The summed E-state index contributed by atoms with van der Waals surface area (Å²) >= 11 is 0. The number of para-hydroxylation sites is 1. The largest absolute Gasteiger partial charge is 0.388 e. The second-order valence-electron chi connectivity index (χ2n) is 8.65. The van der Waals surface area contributed by atoms with Crippen LogP contribution in [0.4, 0.5) is 5.69 Å². The molecular formula is C23H35IN4O3. The highest BCUT2D eigenvalue weighted by Gasteiger charge is 2.34. The lowest BCUT2D eigenvalue weighted by atomic mass is 9.95. The summed E-state index contributed by atoms with van der Waals surface area (Å²) in [6.07, 6.45) is 3.88. The van der Waals surface area contributed by atoms with E-state index in [-0.39, 0.29) is 29.9 Å². The van der Waals surface area contributed by atoms with Gasteiger partial charge in [-0.1, -0.05) is 18.2 Å². The van der Waals surface area contributed by atoms with Gasteiger partial charge in [-0.3, -0.25) is 4.79 Å². The van der Waals surface area contributed by atoms with Gasteiger partial charge in [0.1, 0.15) is 0 Å². The molecule has 1 aromatic rings. The topological polar surface area (TPSA) is 77.4 Å². The van der Waals surface area contributed by atoms with Crippen LogP contribution in [0.3, 0.4) is 0 Å². The molecule has 1 aromatic carbocycles. The highest BCUT2D eigenvalue weighted by atomic mass is 127. The van der Waals surface area contributed by atoms with Gasteiger partial charge in [0.25, 0.3) is 0 Å². The number of carbonyl (C=O) groups is 1. The summed E-state index contributed by atoms with van der Waals surface area (Å²) < 4.78 is 5.39. The van der Waals surface area contributed by atoms with Gasteiger partial charge in [0.05, 0.1) is 12.1 Å². The Labute approximate surface area is 202 Å². The van der Waals surface area contributed by atoms with Gasteiger partial charge in [-0.25, -0.2) is 4.99 Å². The van der Waals surface area contributed by atoms with E-state index in [1.54, 1.807) is 0 Å². The summed E-state index contributed by atoms with van der Waals surface area (Å²) in [7, 11) is 0. The van der Waals surface area contributed by atoms with Gasteiger partial charge in [0.15, 0.2) is 5.96 Å². The van der Waals surface area contributed by atoms with E-state index in [1.807, 2.05) is 4.90 Å². The molecule has 0 aromatic heterocycles. The van der Waals surface area contributed by atoms with Crippen molar-refractivity contribution in [1.82, 2.24) is 10.2 Å². The smallest absolute Gasteiger partial charge is 0.222 e. The van der Waals surface area contributed by atoms with E-state index < -0.39 is 5.60 Å². The van der Waals surface area contributed by atoms with E-state index in [0.717, 1.165) is 45.0 Å². The maximum Gasteiger partial charge on any atom is 0.222 e. The molecule has 2 N–H and O–H groups in total. The average molecular weight is 542 g/mol. The Balaban J connectivity index is 0.00000272. The number of fused-ring (bicyclic) bond motifs is 1. The molecule has 0 bridgehead atoms. The first-order valence-corrected chi connectivity index (χ1v) is 11.3. The summed E-state index contributed by atoms with van der Waals surface area (Å²) in [6, 6.07) is 8.49. The van der Waals surface area contributed by atoms with Crippen LogP contribution < -0.4 is 10.2 Å². The number of halogens is 1. The van der Waals surface area contributed by atoms with Crippen LogP contribution >= 0.6 is 24.0 Å². The van der Waals surface area contributed by atoms with Gasteiger partial charge in [-0.15, -0.1) is 24.0 Å². The molecule has 1 unspecified atom stereocenters.